The van der Waals surface area contributed by atoms with Gasteiger partial charge in [0.05, 0.1) is 23.9 Å². The highest BCUT2D eigenvalue weighted by Gasteiger charge is 2.10. The number of hydrogen-bond donors (Lipinski definition) is 0. The van der Waals surface area contributed by atoms with E-state index >= 15 is 0 Å². The van der Waals surface area contributed by atoms with Crippen LogP contribution in [0.5, 0.6) is 0 Å². The Kier molecular flexibility index (Phi) is 2.87. The number of rotatable bonds is 3. The summed E-state index contributed by atoms with van der Waals surface area (Å²) in [5, 5.41) is 14.9. The quantitative estimate of drug-likeness (QED) is 0.609. The first-order valence-electron chi connectivity index (χ1n) is 4.57. The Bertz CT molecular complexity index is 524. The van der Waals surface area contributed by atoms with Gasteiger partial charge in [-0.2, -0.15) is 4.68 Å². The van der Waals surface area contributed by atoms with Crippen LogP contribution in [0.3, 0.4) is 0 Å². The fraction of sp³-hybridized carbons (Fsp3) is 0.100. The van der Waals surface area contributed by atoms with Crippen molar-refractivity contribution in [1.82, 2.24) is 9.78 Å². The van der Waals surface area contributed by atoms with Gasteiger partial charge in [0.15, 0.2) is 0 Å². The van der Waals surface area contributed by atoms with Gasteiger partial charge in [-0.1, -0.05) is 23.7 Å². The van der Waals surface area contributed by atoms with Crippen LogP contribution in [0.1, 0.15) is 5.56 Å². The molecule has 1 heterocycles. The first-order chi connectivity index (χ1) is 7.65. The van der Waals surface area contributed by atoms with E-state index in [4.69, 9.17) is 11.6 Å². The van der Waals surface area contributed by atoms with Gasteiger partial charge < -0.3 is 10.1 Å². The molecule has 0 amide bonds. The van der Waals surface area contributed by atoms with E-state index in [1.54, 1.807) is 18.3 Å². The molecule has 0 saturated heterocycles. The van der Waals surface area contributed by atoms with E-state index in [0.717, 1.165) is 5.56 Å². The van der Waals surface area contributed by atoms with E-state index in [0.29, 0.717) is 11.6 Å². The van der Waals surface area contributed by atoms with Crippen LogP contribution in [0.25, 0.3) is 0 Å². The highest BCUT2D eigenvalue weighted by atomic mass is 35.5. The van der Waals surface area contributed by atoms with Crippen molar-refractivity contribution in [3.05, 3.63) is 57.2 Å². The lowest BCUT2D eigenvalue weighted by atomic mass is 10.2. The lowest BCUT2D eigenvalue weighted by molar-refractivity contribution is -0.389. The van der Waals surface area contributed by atoms with Crippen LogP contribution in [0.2, 0.25) is 5.02 Å². The van der Waals surface area contributed by atoms with Gasteiger partial charge in [-0.3, -0.25) is 0 Å². The van der Waals surface area contributed by atoms with Crippen LogP contribution in [0.15, 0.2) is 36.5 Å². The fourth-order valence-electron chi connectivity index (χ4n) is 1.36. The summed E-state index contributed by atoms with van der Waals surface area (Å²) in [5.41, 5.74) is 0.950. The van der Waals surface area contributed by atoms with Crippen molar-refractivity contribution in [2.24, 2.45) is 0 Å². The average molecular weight is 238 g/mol. The Morgan fingerprint density at radius 1 is 1.44 bits per heavy atom. The second-order valence-electron chi connectivity index (χ2n) is 3.26. The zero-order valence-corrected chi connectivity index (χ0v) is 8.96. The predicted molar refractivity (Wildman–Crippen MR) is 59.4 cm³/mol. The van der Waals surface area contributed by atoms with Gasteiger partial charge in [-0.05, 0) is 22.6 Å². The molecule has 1 aromatic carbocycles. The Hall–Kier alpha value is -1.88. The topological polar surface area (TPSA) is 61.0 Å². The fourth-order valence-corrected chi connectivity index (χ4v) is 1.57. The van der Waals surface area contributed by atoms with E-state index in [2.05, 4.69) is 5.10 Å². The van der Waals surface area contributed by atoms with Gasteiger partial charge >= 0.3 is 5.82 Å². The zero-order valence-electron chi connectivity index (χ0n) is 8.21. The summed E-state index contributed by atoms with van der Waals surface area (Å²) in [6.07, 6.45) is 1.57. The average Bonchev–Trinajstić information content (AvgIpc) is 2.66. The minimum absolute atomic E-state index is 0.151. The smallest absolute Gasteiger partial charge is 0.358 e. The maximum atomic E-state index is 10.4. The Balaban J connectivity index is 2.17. The molecule has 6 heteroatoms. The van der Waals surface area contributed by atoms with Crippen molar-refractivity contribution in [1.29, 1.82) is 0 Å². The molecule has 5 nitrogen and oxygen atoms in total. The molecule has 16 heavy (non-hydrogen) atoms. The second kappa shape index (κ2) is 4.32. The monoisotopic (exact) mass is 237 g/mol. The van der Waals surface area contributed by atoms with Crippen molar-refractivity contribution >= 4 is 17.4 Å². The SMILES string of the molecule is O=[N+]([O-])c1ccn(Cc2cccc(Cl)c2)n1. The summed E-state index contributed by atoms with van der Waals surface area (Å²) >= 11 is 5.83. The molecule has 0 fully saturated rings. The van der Waals surface area contributed by atoms with E-state index < -0.39 is 4.92 Å². The number of halogens is 1. The van der Waals surface area contributed by atoms with Crippen LogP contribution in [0, 0.1) is 10.1 Å². The van der Waals surface area contributed by atoms with E-state index in [1.165, 1.54) is 10.7 Å². The molecule has 2 rings (SSSR count). The first-order valence-corrected chi connectivity index (χ1v) is 4.95. The molecule has 1 aromatic heterocycles. The number of benzene rings is 1. The molecule has 0 spiro atoms. The highest BCUT2D eigenvalue weighted by Crippen LogP contribution is 2.13. The van der Waals surface area contributed by atoms with Crippen LogP contribution >= 0.6 is 11.6 Å². The van der Waals surface area contributed by atoms with Crippen LogP contribution < -0.4 is 0 Å². The van der Waals surface area contributed by atoms with E-state index in [-0.39, 0.29) is 5.82 Å². The van der Waals surface area contributed by atoms with Gasteiger partial charge in [-0.25, -0.2) is 0 Å². The van der Waals surface area contributed by atoms with Crippen molar-refractivity contribution < 1.29 is 4.92 Å². The minimum Gasteiger partial charge on any atom is -0.358 e. The van der Waals surface area contributed by atoms with Gasteiger partial charge in [0, 0.05) is 5.02 Å². The maximum absolute atomic E-state index is 10.4. The highest BCUT2D eigenvalue weighted by molar-refractivity contribution is 6.30. The Morgan fingerprint density at radius 2 is 2.25 bits per heavy atom. The third-order valence-electron chi connectivity index (χ3n) is 2.05. The molecule has 2 aromatic rings. The number of nitrogens with zero attached hydrogens (tertiary/aromatic N) is 3. The third kappa shape index (κ3) is 2.38. The number of nitro groups is 1. The lowest BCUT2D eigenvalue weighted by Crippen LogP contribution is -2.01. The standard InChI is InChI=1S/C10H8ClN3O2/c11-9-3-1-2-8(6-9)7-13-5-4-10(12-13)14(15)16/h1-6H,7H2. The summed E-state index contributed by atoms with van der Waals surface area (Å²) in [5.74, 6) is -0.151. The van der Waals surface area contributed by atoms with Crippen molar-refractivity contribution in [2.75, 3.05) is 0 Å². The normalized spacial score (nSPS) is 10.3. The summed E-state index contributed by atoms with van der Waals surface area (Å²) < 4.78 is 1.50. The second-order valence-corrected chi connectivity index (χ2v) is 3.69. The van der Waals surface area contributed by atoms with Crippen LogP contribution in [0.4, 0.5) is 5.82 Å². The summed E-state index contributed by atoms with van der Waals surface area (Å²) in [4.78, 5) is 9.91. The van der Waals surface area contributed by atoms with Gasteiger partial charge in [0.25, 0.3) is 0 Å². The lowest BCUT2D eigenvalue weighted by Gasteiger charge is -1.98. The minimum atomic E-state index is -0.519. The Morgan fingerprint density at radius 3 is 2.88 bits per heavy atom. The number of aromatic nitrogens is 2. The summed E-state index contributed by atoms with van der Waals surface area (Å²) in [7, 11) is 0. The third-order valence-corrected chi connectivity index (χ3v) is 2.28. The number of hydrogen-bond acceptors (Lipinski definition) is 3. The molecular weight excluding hydrogens is 230 g/mol. The molecule has 0 N–H and O–H groups in total. The largest absolute Gasteiger partial charge is 0.389 e. The molecule has 0 radical (unpaired) electrons. The van der Waals surface area contributed by atoms with Crippen LogP contribution in [-0.4, -0.2) is 14.7 Å². The van der Waals surface area contributed by atoms with E-state index in [9.17, 15) is 10.1 Å². The van der Waals surface area contributed by atoms with Gasteiger partial charge in [-0.15, -0.1) is 0 Å². The molecule has 82 valence electrons. The van der Waals surface area contributed by atoms with Crippen molar-refractivity contribution in [3.63, 3.8) is 0 Å². The molecule has 0 unspecified atom stereocenters. The molecule has 0 aliphatic rings. The van der Waals surface area contributed by atoms with Gasteiger partial charge in [0.1, 0.15) is 0 Å². The zero-order chi connectivity index (χ0) is 11.5. The Labute approximate surface area is 96.4 Å². The van der Waals surface area contributed by atoms with Crippen molar-refractivity contribution in [2.45, 2.75) is 6.54 Å². The molecule has 0 atom stereocenters. The molecule has 0 aliphatic heterocycles. The van der Waals surface area contributed by atoms with Crippen molar-refractivity contribution in [3.8, 4) is 0 Å². The predicted octanol–water partition coefficient (Wildman–Crippen LogP) is 2.49. The molecule has 0 aliphatic carbocycles. The molecule has 0 bridgehead atoms. The molecular formula is C10H8ClN3O2. The summed E-state index contributed by atoms with van der Waals surface area (Å²) in [6, 6.07) is 8.66. The molecule has 0 saturated carbocycles. The van der Waals surface area contributed by atoms with E-state index in [1.807, 2.05) is 12.1 Å². The summed E-state index contributed by atoms with van der Waals surface area (Å²) in [6.45, 7) is 0.467. The van der Waals surface area contributed by atoms with Gasteiger partial charge in [0.2, 0.25) is 0 Å². The maximum Gasteiger partial charge on any atom is 0.389 e. The van der Waals surface area contributed by atoms with Crippen LogP contribution in [-0.2, 0) is 6.54 Å². The first kappa shape index (κ1) is 10.6.